The molecule has 0 aliphatic heterocycles. The van der Waals surface area contributed by atoms with E-state index in [1.807, 2.05) is 0 Å². The summed E-state index contributed by atoms with van der Waals surface area (Å²) in [5, 5.41) is 0. The first-order chi connectivity index (χ1) is 9.71. The predicted molar refractivity (Wildman–Crippen MR) is 92.8 cm³/mol. The van der Waals surface area contributed by atoms with Crippen molar-refractivity contribution in [3.8, 4) is 0 Å². The lowest BCUT2D eigenvalue weighted by Gasteiger charge is -2.47. The van der Waals surface area contributed by atoms with E-state index in [1.165, 1.54) is 34.0 Å². The van der Waals surface area contributed by atoms with E-state index in [4.69, 9.17) is 5.73 Å². The van der Waals surface area contributed by atoms with Crippen LogP contribution in [0.4, 0.5) is 0 Å². The minimum atomic E-state index is 0.199. The lowest BCUT2D eigenvalue weighted by molar-refractivity contribution is 0.194. The van der Waals surface area contributed by atoms with Gasteiger partial charge in [0.2, 0.25) is 0 Å². The van der Waals surface area contributed by atoms with Crippen LogP contribution in [-0.4, -0.2) is 6.04 Å². The topological polar surface area (TPSA) is 26.0 Å². The molecule has 104 valence electrons. The van der Waals surface area contributed by atoms with E-state index >= 15 is 0 Å². The average Bonchev–Trinajstić information content (AvgIpc) is 2.41. The minimum absolute atomic E-state index is 0.199. The first-order valence-electron chi connectivity index (χ1n) is 7.26. The molecule has 0 aromatic heterocycles. The molecule has 2 aromatic rings. The van der Waals surface area contributed by atoms with Gasteiger partial charge in [-0.1, -0.05) is 48.9 Å². The van der Waals surface area contributed by atoms with Gasteiger partial charge in [-0.3, -0.25) is 0 Å². The molecule has 2 aromatic carbocycles. The Balaban J connectivity index is 1.81. The van der Waals surface area contributed by atoms with Crippen molar-refractivity contribution in [3.63, 3.8) is 0 Å². The van der Waals surface area contributed by atoms with Gasteiger partial charge < -0.3 is 5.73 Å². The zero-order valence-electron chi connectivity index (χ0n) is 11.6. The largest absolute Gasteiger partial charge is 0.327 e. The molecule has 0 bridgehead atoms. The molecule has 2 heteroatoms. The van der Waals surface area contributed by atoms with Crippen LogP contribution in [0.1, 0.15) is 30.4 Å². The van der Waals surface area contributed by atoms with E-state index in [-0.39, 0.29) is 11.5 Å². The highest BCUT2D eigenvalue weighted by atomic mass is 127. The van der Waals surface area contributed by atoms with E-state index in [9.17, 15) is 0 Å². The molecule has 0 spiro atoms. The van der Waals surface area contributed by atoms with Crippen molar-refractivity contribution in [3.05, 3.63) is 69.3 Å². The molecule has 0 heterocycles. The number of hydrogen-bond donors (Lipinski definition) is 1. The molecular formula is C18H20IN. The summed E-state index contributed by atoms with van der Waals surface area (Å²) >= 11 is 2.34. The van der Waals surface area contributed by atoms with E-state index in [0.29, 0.717) is 0 Å². The third-order valence-electron chi connectivity index (χ3n) is 4.67. The molecule has 1 nitrogen and oxygen atoms in total. The Kier molecular flexibility index (Phi) is 4.13. The first-order valence-corrected chi connectivity index (χ1v) is 8.34. The lowest BCUT2D eigenvalue weighted by atomic mass is 9.59. The summed E-state index contributed by atoms with van der Waals surface area (Å²) in [6.45, 7) is 0. The van der Waals surface area contributed by atoms with Crippen molar-refractivity contribution >= 4 is 22.6 Å². The van der Waals surface area contributed by atoms with Crippen LogP contribution in [0.2, 0.25) is 0 Å². The zero-order valence-corrected chi connectivity index (χ0v) is 13.7. The first kappa shape index (κ1) is 14.1. The predicted octanol–water partition coefficient (Wildman–Crippen LogP) is 4.28. The van der Waals surface area contributed by atoms with E-state index in [1.54, 1.807) is 0 Å². The third kappa shape index (κ3) is 2.63. The Bertz CT molecular complexity index is 558. The summed E-state index contributed by atoms with van der Waals surface area (Å²) in [4.78, 5) is 0. The van der Waals surface area contributed by atoms with Crippen molar-refractivity contribution < 1.29 is 0 Å². The number of halogens is 1. The van der Waals surface area contributed by atoms with Gasteiger partial charge in [-0.2, -0.15) is 0 Å². The monoisotopic (exact) mass is 377 g/mol. The average molecular weight is 377 g/mol. The second-order valence-corrected chi connectivity index (χ2v) is 7.06. The Morgan fingerprint density at radius 2 is 1.65 bits per heavy atom. The smallest absolute Gasteiger partial charge is 0.0177 e. The summed E-state index contributed by atoms with van der Waals surface area (Å²) in [5.41, 5.74) is 9.58. The molecule has 2 N–H and O–H groups in total. The van der Waals surface area contributed by atoms with Crippen LogP contribution in [0.25, 0.3) is 0 Å². The van der Waals surface area contributed by atoms with Gasteiger partial charge in [0.15, 0.2) is 0 Å². The highest BCUT2D eigenvalue weighted by Crippen LogP contribution is 2.46. The van der Waals surface area contributed by atoms with Gasteiger partial charge in [-0.25, -0.2) is 0 Å². The number of benzene rings is 2. The molecule has 1 aliphatic rings. The Labute approximate surface area is 134 Å². The van der Waals surface area contributed by atoms with E-state index in [0.717, 1.165) is 6.42 Å². The normalized spacial score (nSPS) is 18.3. The molecule has 0 amide bonds. The fourth-order valence-corrected chi connectivity index (χ4v) is 3.63. The summed E-state index contributed by atoms with van der Waals surface area (Å²) in [6.07, 6.45) is 4.71. The van der Waals surface area contributed by atoms with Gasteiger partial charge in [0.05, 0.1) is 0 Å². The van der Waals surface area contributed by atoms with E-state index in [2.05, 4.69) is 77.2 Å². The van der Waals surface area contributed by atoms with Gasteiger partial charge in [0.25, 0.3) is 0 Å². The Morgan fingerprint density at radius 1 is 1.00 bits per heavy atom. The van der Waals surface area contributed by atoms with Gasteiger partial charge in [-0.05, 0) is 65.1 Å². The molecular weight excluding hydrogens is 357 g/mol. The van der Waals surface area contributed by atoms with Crippen LogP contribution < -0.4 is 5.73 Å². The second kappa shape index (κ2) is 5.86. The van der Waals surface area contributed by atoms with Crippen LogP contribution in [-0.2, 0) is 11.8 Å². The SMILES string of the molecule is NC(Cc1ccc(I)cc1)C1(c2ccccc2)CCC1. The van der Waals surface area contributed by atoms with Crippen molar-refractivity contribution in [2.75, 3.05) is 0 Å². The number of rotatable bonds is 4. The standard InChI is InChI=1S/C18H20IN/c19-16-9-7-14(8-10-16)13-17(20)18(11-4-12-18)15-5-2-1-3-6-15/h1-3,5-10,17H,4,11-13,20H2. The quantitative estimate of drug-likeness (QED) is 0.791. The second-order valence-electron chi connectivity index (χ2n) is 5.81. The maximum absolute atomic E-state index is 6.61. The van der Waals surface area contributed by atoms with Crippen LogP contribution in [0.15, 0.2) is 54.6 Å². The molecule has 1 unspecified atom stereocenters. The molecule has 20 heavy (non-hydrogen) atoms. The third-order valence-corrected chi connectivity index (χ3v) is 5.39. The van der Waals surface area contributed by atoms with Crippen molar-refractivity contribution in [2.24, 2.45) is 5.73 Å². The summed E-state index contributed by atoms with van der Waals surface area (Å²) < 4.78 is 1.28. The lowest BCUT2D eigenvalue weighted by Crippen LogP contribution is -2.51. The minimum Gasteiger partial charge on any atom is -0.327 e. The van der Waals surface area contributed by atoms with Crippen LogP contribution in [0.3, 0.4) is 0 Å². The molecule has 3 rings (SSSR count). The van der Waals surface area contributed by atoms with Crippen LogP contribution in [0, 0.1) is 3.57 Å². The molecule has 1 atom stereocenters. The summed E-state index contributed by atoms with van der Waals surface area (Å²) in [5.74, 6) is 0. The van der Waals surface area contributed by atoms with Crippen LogP contribution in [0.5, 0.6) is 0 Å². The highest BCUT2D eigenvalue weighted by molar-refractivity contribution is 14.1. The highest BCUT2D eigenvalue weighted by Gasteiger charge is 2.43. The summed E-state index contributed by atoms with van der Waals surface area (Å²) in [6, 6.07) is 19.8. The number of hydrogen-bond acceptors (Lipinski definition) is 1. The Hall–Kier alpha value is -0.870. The van der Waals surface area contributed by atoms with Gasteiger partial charge >= 0.3 is 0 Å². The molecule has 1 saturated carbocycles. The zero-order chi connectivity index (χ0) is 14.0. The Morgan fingerprint density at radius 3 is 2.20 bits per heavy atom. The molecule has 0 saturated heterocycles. The fourth-order valence-electron chi connectivity index (χ4n) is 3.27. The van der Waals surface area contributed by atoms with Gasteiger partial charge in [0.1, 0.15) is 0 Å². The fraction of sp³-hybridized carbons (Fsp3) is 0.333. The van der Waals surface area contributed by atoms with Crippen molar-refractivity contribution in [2.45, 2.75) is 37.1 Å². The molecule has 1 fully saturated rings. The molecule has 1 aliphatic carbocycles. The maximum Gasteiger partial charge on any atom is 0.0177 e. The van der Waals surface area contributed by atoms with Gasteiger partial charge in [0, 0.05) is 15.0 Å². The summed E-state index contributed by atoms with van der Waals surface area (Å²) in [7, 11) is 0. The van der Waals surface area contributed by atoms with Gasteiger partial charge in [-0.15, -0.1) is 0 Å². The van der Waals surface area contributed by atoms with Crippen molar-refractivity contribution in [1.82, 2.24) is 0 Å². The van der Waals surface area contributed by atoms with E-state index < -0.39 is 0 Å². The van der Waals surface area contributed by atoms with Crippen molar-refractivity contribution in [1.29, 1.82) is 0 Å². The maximum atomic E-state index is 6.61. The van der Waals surface area contributed by atoms with Crippen LogP contribution >= 0.6 is 22.6 Å². The number of nitrogens with two attached hydrogens (primary N) is 1. The molecule has 0 radical (unpaired) electrons.